The lowest BCUT2D eigenvalue weighted by Crippen LogP contribution is -1.80. The van der Waals surface area contributed by atoms with Gasteiger partial charge in [0.25, 0.3) is 10.9 Å². The van der Waals surface area contributed by atoms with Crippen LogP contribution in [0.3, 0.4) is 0 Å². The molecule has 1 aromatic rings. The molecule has 0 unspecified atom stereocenters. The first-order chi connectivity index (χ1) is 5.47. The van der Waals surface area contributed by atoms with Gasteiger partial charge in [-0.05, 0) is 6.92 Å². The molecular formula is C7H10O3PS+. The molecule has 1 aromatic carbocycles. The summed E-state index contributed by atoms with van der Waals surface area (Å²) in [6.45, 7) is -1.80. The molecule has 1 rings (SSSR count). The van der Waals surface area contributed by atoms with Crippen LogP contribution in [-0.4, -0.2) is 14.7 Å². The van der Waals surface area contributed by atoms with Crippen molar-refractivity contribution in [3.63, 3.8) is 0 Å². The molecule has 5 heteroatoms. The molecule has 0 aromatic heterocycles. The Labute approximate surface area is 74.5 Å². The molecule has 12 heavy (non-hydrogen) atoms. The van der Waals surface area contributed by atoms with Crippen LogP contribution in [0.25, 0.3) is 0 Å². The predicted octanol–water partition coefficient (Wildman–Crippen LogP) is 1.09. The highest BCUT2D eigenvalue weighted by Crippen LogP contribution is 2.33. The van der Waals surface area contributed by atoms with Gasteiger partial charge in [0.05, 0.1) is 0 Å². The van der Waals surface area contributed by atoms with E-state index in [1.807, 2.05) is 19.1 Å². The van der Waals surface area contributed by atoms with Crippen molar-refractivity contribution >= 4 is 17.7 Å². The predicted molar refractivity (Wildman–Crippen MR) is 50.4 cm³/mol. The summed E-state index contributed by atoms with van der Waals surface area (Å²) in [7, 11) is 0.687. The van der Waals surface area contributed by atoms with Crippen LogP contribution < -0.4 is 0 Å². The fraction of sp³-hybridized carbons (Fsp3) is 0.143. The molecule has 3 nitrogen and oxygen atoms in total. The van der Waals surface area contributed by atoms with Gasteiger partial charge in [-0.3, -0.25) is 14.7 Å². The van der Waals surface area contributed by atoms with E-state index in [-0.39, 0.29) is 0 Å². The summed E-state index contributed by atoms with van der Waals surface area (Å²) < 4.78 is 0. The van der Waals surface area contributed by atoms with Gasteiger partial charge in [-0.2, -0.15) is 0 Å². The number of hydrogen-bond donors (Lipinski definition) is 3. The second kappa shape index (κ2) is 3.64. The number of hydrogen-bond acceptors (Lipinski definition) is 0. The summed E-state index contributed by atoms with van der Waals surface area (Å²) in [6.07, 6.45) is 0. The average Bonchev–Trinajstić information content (AvgIpc) is 1.91. The van der Waals surface area contributed by atoms with Crippen molar-refractivity contribution in [2.24, 2.45) is 0 Å². The van der Waals surface area contributed by atoms with Crippen molar-refractivity contribution in [1.82, 2.24) is 0 Å². The molecule has 0 aliphatic rings. The zero-order chi connectivity index (χ0) is 9.19. The molecule has 0 bridgehead atoms. The van der Waals surface area contributed by atoms with Crippen LogP contribution >= 0.6 is 6.72 Å². The van der Waals surface area contributed by atoms with Crippen molar-refractivity contribution < 1.29 is 14.7 Å². The Morgan fingerprint density at radius 2 is 1.58 bits per heavy atom. The highest BCUT2D eigenvalue weighted by molar-refractivity contribution is 8.16. The van der Waals surface area contributed by atoms with E-state index in [1.54, 1.807) is 12.1 Å². The Morgan fingerprint density at radius 1 is 1.08 bits per heavy atom. The molecule has 0 radical (unpaired) electrons. The highest BCUT2D eigenvalue weighted by atomic mass is 32.5. The van der Waals surface area contributed by atoms with Gasteiger partial charge >= 0.3 is 6.72 Å². The molecule has 0 saturated carbocycles. The second-order valence-electron chi connectivity index (χ2n) is 2.42. The molecule has 0 saturated heterocycles. The Balaban J connectivity index is 3.00. The molecule has 0 aliphatic carbocycles. The Bertz CT molecular complexity index is 306. The number of benzene rings is 1. The fourth-order valence-electron chi connectivity index (χ4n) is 0.741. The first kappa shape index (κ1) is 9.84. The van der Waals surface area contributed by atoms with Crippen LogP contribution in [0.15, 0.2) is 29.2 Å². The van der Waals surface area contributed by atoms with Crippen LogP contribution in [0.2, 0.25) is 0 Å². The zero-order valence-corrected chi connectivity index (χ0v) is 8.22. The average molecular weight is 205 g/mol. The quantitative estimate of drug-likeness (QED) is 0.475. The van der Waals surface area contributed by atoms with Crippen LogP contribution in [-0.2, 0) is 10.9 Å². The first-order valence-electron chi connectivity index (χ1n) is 3.31. The molecule has 0 spiro atoms. The van der Waals surface area contributed by atoms with Gasteiger partial charge < -0.3 is 0 Å². The molecular weight excluding hydrogens is 195 g/mol. The van der Waals surface area contributed by atoms with E-state index in [0.29, 0.717) is 15.8 Å². The third-order valence-corrected chi connectivity index (χ3v) is 3.34. The van der Waals surface area contributed by atoms with Gasteiger partial charge in [0.1, 0.15) is 0 Å². The third-order valence-electron chi connectivity index (χ3n) is 1.25. The third kappa shape index (κ3) is 3.43. The molecule has 0 amide bonds. The summed E-state index contributed by atoms with van der Waals surface area (Å²) in [5, 5.41) is 0. The fourth-order valence-corrected chi connectivity index (χ4v) is 2.49. The lowest BCUT2D eigenvalue weighted by molar-refractivity contribution is 0.363. The molecule has 0 fully saturated rings. The highest BCUT2D eigenvalue weighted by Gasteiger charge is 2.20. The first-order valence-corrected chi connectivity index (χ1v) is 6.38. The summed E-state index contributed by atoms with van der Waals surface area (Å²) in [6, 6.07) is 7.16. The van der Waals surface area contributed by atoms with Gasteiger partial charge in [-0.1, -0.05) is 17.7 Å². The SMILES string of the molecule is Cc1ccc([S+]=P(O)(O)O)cc1. The van der Waals surface area contributed by atoms with E-state index in [2.05, 4.69) is 0 Å². The lowest BCUT2D eigenvalue weighted by atomic mass is 10.2. The van der Waals surface area contributed by atoms with Gasteiger partial charge in [-0.25, -0.2) is 0 Å². The van der Waals surface area contributed by atoms with E-state index in [4.69, 9.17) is 14.7 Å². The van der Waals surface area contributed by atoms with E-state index < -0.39 is 6.72 Å². The Kier molecular flexibility index (Phi) is 2.99. The minimum Gasteiger partial charge on any atom is -0.289 e. The van der Waals surface area contributed by atoms with Gasteiger partial charge in [0.2, 0.25) is 4.90 Å². The van der Waals surface area contributed by atoms with Crippen molar-refractivity contribution in [3.8, 4) is 0 Å². The van der Waals surface area contributed by atoms with Crippen LogP contribution in [0.5, 0.6) is 0 Å². The van der Waals surface area contributed by atoms with Crippen molar-refractivity contribution in [3.05, 3.63) is 29.8 Å². The minimum absolute atomic E-state index is 0.654. The minimum atomic E-state index is -3.74. The van der Waals surface area contributed by atoms with E-state index >= 15 is 0 Å². The van der Waals surface area contributed by atoms with E-state index in [1.165, 1.54) is 0 Å². The molecule has 3 N–H and O–H groups in total. The monoisotopic (exact) mass is 205 g/mol. The normalized spacial score (nSPS) is 11.3. The van der Waals surface area contributed by atoms with Gasteiger partial charge in [0.15, 0.2) is 0 Å². The smallest absolute Gasteiger partial charge is 0.289 e. The van der Waals surface area contributed by atoms with Crippen molar-refractivity contribution in [2.45, 2.75) is 11.8 Å². The maximum Gasteiger partial charge on any atom is 0.521 e. The second-order valence-corrected chi connectivity index (χ2v) is 6.12. The summed E-state index contributed by atoms with van der Waals surface area (Å²) in [4.78, 5) is 26.8. The van der Waals surface area contributed by atoms with E-state index in [9.17, 15) is 0 Å². The molecule has 0 atom stereocenters. The maximum atomic E-state index is 8.73. The largest absolute Gasteiger partial charge is 0.521 e. The standard InChI is InChI=1S/C7H10O3PS/c1-6-2-4-7(5-3-6)12-11(8,9)10/h2-5,8-10H,1H3/q+1. The zero-order valence-electron chi connectivity index (χ0n) is 6.51. The lowest BCUT2D eigenvalue weighted by Gasteiger charge is -1.88. The van der Waals surface area contributed by atoms with Gasteiger partial charge in [0, 0.05) is 12.1 Å². The van der Waals surface area contributed by atoms with Gasteiger partial charge in [-0.15, -0.1) is 0 Å². The van der Waals surface area contributed by atoms with Crippen molar-refractivity contribution in [2.75, 3.05) is 0 Å². The summed E-state index contributed by atoms with van der Waals surface area (Å²) >= 11 is 0. The number of rotatable bonds is 1. The summed E-state index contributed by atoms with van der Waals surface area (Å²) in [5.74, 6) is 0. The molecule has 0 heterocycles. The van der Waals surface area contributed by atoms with Crippen LogP contribution in [0, 0.1) is 6.92 Å². The topological polar surface area (TPSA) is 60.7 Å². The molecule has 0 aliphatic heterocycles. The number of aryl methyl sites for hydroxylation is 1. The molecule has 66 valence electrons. The Morgan fingerprint density at radius 3 is 2.00 bits per heavy atom. The van der Waals surface area contributed by atoms with Crippen LogP contribution in [0.4, 0.5) is 0 Å². The summed E-state index contributed by atoms with van der Waals surface area (Å²) in [5.41, 5.74) is 1.09. The maximum absolute atomic E-state index is 8.73. The van der Waals surface area contributed by atoms with E-state index in [0.717, 1.165) is 5.56 Å². The van der Waals surface area contributed by atoms with Crippen LogP contribution in [0.1, 0.15) is 5.56 Å². The Hall–Kier alpha value is -0.250. The van der Waals surface area contributed by atoms with Crippen molar-refractivity contribution in [1.29, 1.82) is 0 Å².